The Kier molecular flexibility index (Phi) is 4.91. The summed E-state index contributed by atoms with van der Waals surface area (Å²) >= 11 is 7.78. The number of rotatable bonds is 7. The van der Waals surface area contributed by atoms with Crippen LogP contribution in [0, 0.1) is 11.8 Å². The number of hydrogen-bond acceptors (Lipinski definition) is 6. The number of aromatic nitrogens is 3. The van der Waals surface area contributed by atoms with Crippen molar-refractivity contribution >= 4 is 34.3 Å². The molecule has 0 aliphatic carbocycles. The number of fused-ring (bicyclic) bond motifs is 1. The van der Waals surface area contributed by atoms with Crippen molar-refractivity contribution in [2.24, 2.45) is 5.73 Å². The molecule has 0 bridgehead atoms. The van der Waals surface area contributed by atoms with Crippen LogP contribution in [0.1, 0.15) is 27.2 Å². The number of halogens is 1. The first-order chi connectivity index (χ1) is 13.8. The molecule has 3 heterocycles. The maximum atomic E-state index is 7.15. The van der Waals surface area contributed by atoms with Crippen LogP contribution in [0.25, 0.3) is 5.52 Å². The average Bonchev–Trinajstić information content (AvgIpc) is 3.27. The molecule has 0 amide bonds. The molecule has 0 saturated heterocycles. The number of thiophene rings is 1. The maximum Gasteiger partial charge on any atom is 0.243 e. The first-order valence-electron chi connectivity index (χ1n) is 9.43. The van der Waals surface area contributed by atoms with E-state index in [4.69, 9.17) is 26.2 Å². The van der Waals surface area contributed by atoms with Gasteiger partial charge in [-0.3, -0.25) is 0 Å². The van der Waals surface area contributed by atoms with E-state index in [0.717, 1.165) is 10.4 Å². The fraction of sp³-hybridized carbons (Fsp3) is 0.333. The van der Waals surface area contributed by atoms with Crippen LogP contribution in [0.3, 0.4) is 0 Å². The van der Waals surface area contributed by atoms with E-state index in [1.54, 1.807) is 22.8 Å². The van der Waals surface area contributed by atoms with Gasteiger partial charge in [-0.1, -0.05) is 12.0 Å². The Morgan fingerprint density at radius 2 is 2.46 bits per heavy atom. The highest BCUT2D eigenvalue weighted by Crippen LogP contribution is 2.24. The maximum absolute atomic E-state index is 7.15. The van der Waals surface area contributed by atoms with Gasteiger partial charge < -0.3 is 15.8 Å². The first-order valence-corrected chi connectivity index (χ1v) is 9.19. The van der Waals surface area contributed by atoms with Crippen LogP contribution in [0.4, 0.5) is 5.82 Å². The van der Waals surface area contributed by atoms with Crippen molar-refractivity contribution in [1.29, 1.82) is 0 Å². The Morgan fingerprint density at radius 3 is 3.19 bits per heavy atom. The highest BCUT2D eigenvalue weighted by atomic mass is 35.5. The summed E-state index contributed by atoms with van der Waals surface area (Å²) in [5, 5.41) is 9.66. The SMILES string of the molecule is [2H]C([2H])([2H])OC[C@H](N)Cc1cc2c(NCc3cccs3)nc(Cl)nn2c1C#CC. The highest BCUT2D eigenvalue weighted by Gasteiger charge is 2.17. The summed E-state index contributed by atoms with van der Waals surface area (Å²) in [6, 6.07) is 5.38. The van der Waals surface area contributed by atoms with Gasteiger partial charge in [0.1, 0.15) is 11.2 Å². The largest absolute Gasteiger partial charge is 0.383 e. The molecule has 8 heteroatoms. The van der Waals surface area contributed by atoms with Crippen molar-refractivity contribution in [1.82, 2.24) is 14.6 Å². The molecule has 3 N–H and O–H groups in total. The van der Waals surface area contributed by atoms with Gasteiger partial charge in [0.05, 0.1) is 17.3 Å². The molecule has 3 rings (SSSR count). The lowest BCUT2D eigenvalue weighted by Crippen LogP contribution is -2.28. The molecule has 0 aromatic carbocycles. The van der Waals surface area contributed by atoms with Gasteiger partial charge in [0.2, 0.25) is 5.28 Å². The van der Waals surface area contributed by atoms with Crippen molar-refractivity contribution < 1.29 is 8.85 Å². The molecule has 0 radical (unpaired) electrons. The molecule has 0 aliphatic heterocycles. The van der Waals surface area contributed by atoms with Gasteiger partial charge in [0.25, 0.3) is 0 Å². The van der Waals surface area contributed by atoms with E-state index >= 15 is 0 Å². The second-order valence-corrected chi connectivity index (χ2v) is 7.00. The van der Waals surface area contributed by atoms with Gasteiger partial charge in [0, 0.05) is 18.0 Å². The molecule has 0 aliphatic rings. The zero-order valence-corrected chi connectivity index (χ0v) is 15.7. The topological polar surface area (TPSA) is 77.5 Å². The van der Waals surface area contributed by atoms with E-state index < -0.39 is 13.1 Å². The fourth-order valence-corrected chi connectivity index (χ4v) is 3.45. The second-order valence-electron chi connectivity index (χ2n) is 5.63. The van der Waals surface area contributed by atoms with E-state index in [-0.39, 0.29) is 11.9 Å². The molecule has 0 fully saturated rings. The van der Waals surface area contributed by atoms with Crippen LogP contribution < -0.4 is 11.1 Å². The minimum atomic E-state index is -2.48. The molecule has 0 unspecified atom stereocenters. The number of anilines is 1. The van der Waals surface area contributed by atoms with Crippen LogP contribution in [0.2, 0.25) is 5.28 Å². The van der Waals surface area contributed by atoms with E-state index in [1.807, 2.05) is 23.6 Å². The van der Waals surface area contributed by atoms with E-state index in [9.17, 15) is 0 Å². The summed E-state index contributed by atoms with van der Waals surface area (Å²) in [6.07, 6.45) is 0.367. The monoisotopic (exact) mass is 392 g/mol. The lowest BCUT2D eigenvalue weighted by molar-refractivity contribution is 0.180. The Balaban J connectivity index is 1.91. The van der Waals surface area contributed by atoms with Crippen LogP contribution >= 0.6 is 22.9 Å². The third-order valence-electron chi connectivity index (χ3n) is 3.72. The summed E-state index contributed by atoms with van der Waals surface area (Å²) in [5.74, 6) is 6.48. The number of hydrogen-bond donors (Lipinski definition) is 2. The Hall–Kier alpha value is -2.11. The van der Waals surface area contributed by atoms with E-state index in [0.29, 0.717) is 30.0 Å². The normalized spacial score (nSPS) is 14.2. The van der Waals surface area contributed by atoms with Crippen molar-refractivity contribution in [3.05, 3.63) is 45.0 Å². The van der Waals surface area contributed by atoms with E-state index in [1.165, 1.54) is 0 Å². The minimum absolute atomic E-state index is 0.0857. The summed E-state index contributed by atoms with van der Waals surface area (Å²) < 4.78 is 27.9. The smallest absolute Gasteiger partial charge is 0.243 e. The quantitative estimate of drug-likeness (QED) is 0.604. The molecule has 136 valence electrons. The molecule has 0 saturated carbocycles. The molecule has 0 spiro atoms. The number of ether oxygens (including phenoxy) is 1. The molecular formula is C18H20ClN5OS. The zero-order chi connectivity index (χ0) is 21.0. The van der Waals surface area contributed by atoms with Gasteiger partial charge in [-0.2, -0.15) is 4.98 Å². The minimum Gasteiger partial charge on any atom is -0.383 e. The number of methoxy groups -OCH3 is 1. The van der Waals surface area contributed by atoms with Crippen molar-refractivity contribution in [3.8, 4) is 11.8 Å². The van der Waals surface area contributed by atoms with Gasteiger partial charge in [-0.15, -0.1) is 16.4 Å². The summed E-state index contributed by atoms with van der Waals surface area (Å²) in [4.78, 5) is 5.47. The summed E-state index contributed by atoms with van der Waals surface area (Å²) in [7, 11) is -2.48. The summed E-state index contributed by atoms with van der Waals surface area (Å²) in [6.45, 7) is 2.22. The average molecular weight is 393 g/mol. The van der Waals surface area contributed by atoms with Gasteiger partial charge in [-0.05, 0) is 53.9 Å². The lowest BCUT2D eigenvalue weighted by Gasteiger charge is -2.09. The molecule has 26 heavy (non-hydrogen) atoms. The van der Waals surface area contributed by atoms with Gasteiger partial charge in [-0.25, -0.2) is 4.52 Å². The second kappa shape index (κ2) is 8.52. The number of nitrogens with two attached hydrogens (primary N) is 1. The molecular weight excluding hydrogens is 370 g/mol. The Labute approximate surface area is 165 Å². The standard InChI is InChI=1S/C18H20ClN5OS/c1-3-5-15-12(8-13(20)11-25-2)9-16-17(22-18(19)23-24(15)16)21-10-14-6-4-7-26-14/h4,6-7,9,13H,8,10-11,20H2,1-2H3,(H,21,22,23)/t13-/m1/s1/i2D3. The lowest BCUT2D eigenvalue weighted by atomic mass is 10.1. The van der Waals surface area contributed by atoms with Crippen LogP contribution in [-0.4, -0.2) is 34.3 Å². The molecule has 3 aromatic rings. The third kappa shape index (κ3) is 4.17. The molecule has 6 nitrogen and oxygen atoms in total. The van der Waals surface area contributed by atoms with Gasteiger partial charge in [0.15, 0.2) is 5.82 Å². The molecule has 3 aromatic heterocycles. The van der Waals surface area contributed by atoms with E-state index in [2.05, 4.69) is 27.2 Å². The van der Waals surface area contributed by atoms with Crippen molar-refractivity contribution in [3.63, 3.8) is 0 Å². The first kappa shape index (κ1) is 15.0. The van der Waals surface area contributed by atoms with Gasteiger partial charge >= 0.3 is 0 Å². The number of nitrogens with one attached hydrogen (secondary N) is 1. The molecule has 1 atom stereocenters. The predicted octanol–water partition coefficient (Wildman–Crippen LogP) is 2.94. The Morgan fingerprint density at radius 1 is 1.58 bits per heavy atom. The van der Waals surface area contributed by atoms with Crippen molar-refractivity contribution in [2.75, 3.05) is 19.0 Å². The zero-order valence-electron chi connectivity index (χ0n) is 17.1. The predicted molar refractivity (Wildman–Crippen MR) is 106 cm³/mol. The van der Waals surface area contributed by atoms with Crippen LogP contribution in [-0.2, 0) is 17.7 Å². The fourth-order valence-electron chi connectivity index (χ4n) is 2.65. The highest BCUT2D eigenvalue weighted by molar-refractivity contribution is 7.09. The van der Waals surface area contributed by atoms with Crippen LogP contribution in [0.5, 0.6) is 0 Å². The summed E-state index contributed by atoms with van der Waals surface area (Å²) in [5.41, 5.74) is 8.24. The third-order valence-corrected chi connectivity index (χ3v) is 4.75. The Bertz CT molecular complexity index is 1040. The van der Waals surface area contributed by atoms with Crippen LogP contribution in [0.15, 0.2) is 23.6 Å². The van der Waals surface area contributed by atoms with Crippen molar-refractivity contribution in [2.45, 2.75) is 25.9 Å². The number of nitrogens with zero attached hydrogens (tertiary/aromatic N) is 3.